The van der Waals surface area contributed by atoms with Crippen molar-refractivity contribution in [3.05, 3.63) is 203 Å². The van der Waals surface area contributed by atoms with Gasteiger partial charge < -0.3 is 60.4 Å². The first kappa shape index (κ1) is 38.5. The molecule has 2 heterocycles. The van der Waals surface area contributed by atoms with Gasteiger partial charge in [-0.05, 0) is 48.2 Å². The van der Waals surface area contributed by atoms with E-state index in [0.29, 0.717) is 6.04 Å². The van der Waals surface area contributed by atoms with Gasteiger partial charge in [-0.1, -0.05) is 145 Å². The van der Waals surface area contributed by atoms with Crippen LogP contribution in [-0.4, -0.2) is 102 Å². The minimum atomic E-state index is -3.16. The van der Waals surface area contributed by atoms with Crippen LogP contribution in [0.25, 0.3) is 6.15 Å². The number of hydrogen-bond acceptors (Lipinski definition) is 14. The molecule has 0 spiro atoms. The summed E-state index contributed by atoms with van der Waals surface area (Å²) in [6, 6.07) is 40.0. The third-order valence-corrected chi connectivity index (χ3v) is 10.1. The molecule has 0 fully saturated rings. The monoisotopic (exact) mass is 1030 g/mol. The maximum absolute atomic E-state index is 12.7. The molecule has 5 aromatic carbocycles. The molecule has 7 rings (SSSR count). The fourth-order valence-electron chi connectivity index (χ4n) is 6.58. The second-order valence-corrected chi connectivity index (χ2v) is 14.9. The molecule has 382 valence electrons. The molecule has 2 aromatic heterocycles. The van der Waals surface area contributed by atoms with Crippen LogP contribution in [0.5, 0.6) is 29.5 Å². The molecule has 20 heteroatoms. The molecule has 0 radical (unpaired) electrons. The second-order valence-electron chi connectivity index (χ2n) is 14.5. The Morgan fingerprint density at radius 3 is 1.26 bits per heavy atom. The third-order valence-electron chi connectivity index (χ3n) is 9.88. The van der Waals surface area contributed by atoms with Gasteiger partial charge in [0.05, 0.1) is 65.0 Å². The van der Waals surface area contributed by atoms with E-state index in [1.165, 1.54) is 85.3 Å². The summed E-state index contributed by atoms with van der Waals surface area (Å²) in [7, 11) is -17.5. The molecule has 8 N–H and O–H groups in total. The summed E-state index contributed by atoms with van der Waals surface area (Å²) in [5.41, 5.74) is 1.31. The van der Waals surface area contributed by atoms with Crippen molar-refractivity contribution in [3.8, 4) is 29.5 Å². The Kier molecular flexibility index (Phi) is 16.2. The van der Waals surface area contributed by atoms with E-state index >= 15 is 0 Å². The van der Waals surface area contributed by atoms with Gasteiger partial charge in [-0.15, -0.1) is 0 Å². The Bertz CT molecular complexity index is 3220. The van der Waals surface area contributed by atoms with Crippen molar-refractivity contribution in [3.63, 3.8) is 0 Å². The number of aliphatic carboxylic acids is 2. The molecule has 73 heavy (non-hydrogen) atoms. The Hall–Kier alpha value is -7.11. The average Bonchev–Trinajstić information content (AvgIpc) is 0.760. The topological polar surface area (TPSA) is 272 Å². The van der Waals surface area contributed by atoms with Gasteiger partial charge in [-0.25, -0.2) is 9.59 Å². The summed E-state index contributed by atoms with van der Waals surface area (Å²) >= 11 is 5.70. The number of aryl methyl sites for hydroxylation is 1. The zero-order valence-corrected chi connectivity index (χ0v) is 40.0. The van der Waals surface area contributed by atoms with Crippen LogP contribution in [0, 0.1) is 6.92 Å². The fraction of sp³-hybridized carbons (Fsp3) is 0.245. The minimum absolute atomic E-state index is 0. The molecule has 0 aliphatic rings. The summed E-state index contributed by atoms with van der Waals surface area (Å²) in [6.07, 6.45) is -4.33. The number of halogens is 1. The van der Waals surface area contributed by atoms with Crippen molar-refractivity contribution in [2.24, 2.45) is 0 Å². The van der Waals surface area contributed by atoms with Crippen LogP contribution in [0.3, 0.4) is 0 Å². The number of carboxylic acid groups (broad SMARTS) is 2. The van der Waals surface area contributed by atoms with Crippen molar-refractivity contribution in [2.45, 2.75) is 43.3 Å². The van der Waals surface area contributed by atoms with Crippen LogP contribution in [-0.2, 0) is 30.3 Å². The van der Waals surface area contributed by atoms with Gasteiger partial charge in [-0.2, -0.15) is 19.9 Å². The zero-order valence-electron chi connectivity index (χ0n) is 57.2. The molecule has 0 aliphatic carbocycles. The van der Waals surface area contributed by atoms with Crippen molar-refractivity contribution in [1.29, 1.82) is 0 Å². The number of aliphatic hydroxyl groups is 1. The maximum Gasteiger partial charge on any atom is 1.00 e. The van der Waals surface area contributed by atoms with Crippen molar-refractivity contribution in [1.82, 2.24) is 19.9 Å². The molecule has 3 atom stereocenters. The average molecular weight is 1030 g/mol. The van der Waals surface area contributed by atoms with E-state index in [0.717, 1.165) is 17.2 Å². The number of nitrogens with two attached hydrogens (primary N) is 1. The summed E-state index contributed by atoms with van der Waals surface area (Å²) in [5.74, 6) is -5.16. The number of rotatable bonds is 17. The Morgan fingerprint density at radius 2 is 0.932 bits per heavy atom. The number of hydrogen-bond donors (Lipinski definition) is 4. The zero-order chi connectivity index (χ0) is 67.0. The van der Waals surface area contributed by atoms with Crippen molar-refractivity contribution < 1.29 is 107 Å². The first-order valence-electron chi connectivity index (χ1n) is 29.5. The molecule has 0 saturated heterocycles. The van der Waals surface area contributed by atoms with Crippen LogP contribution in [0.2, 0.25) is 5.02 Å². The third kappa shape index (κ3) is 16.5. The summed E-state index contributed by atoms with van der Waals surface area (Å²) in [6.45, 7) is 3.52. The largest absolute Gasteiger partial charge is 1.00 e. The summed E-state index contributed by atoms with van der Waals surface area (Å²) in [5, 5.41) is 30.8. The molecular formula is C53H61ClLiN6O12+. The predicted molar refractivity (Wildman–Crippen MR) is 270 cm³/mol. The standard InChI is InChI=1S/C22H22N2O6.C16H16O4.C8H10ClN.C7H10N2O2.Li.H2N/c1-27-17-14-18(28-2)24-21(23-17)30-19(20(25)26)22(29-3,15-10-6-4-7-11-15)16-12-8-5-9-13-16;1-20-16(14(17)15(18)19,12-8-4-2-5-9-12)13-10-6-3-7-11-13;1-6(10)7-2-4-8(9)5-3-7;1-5-8-6(10-2)4-7(9-5)11-3;;/h4-14,19H,1-3H3,(H,25,26);2-11,14,17H,1H3,(H,18,19);2-6H,10H2,1H3;4H,1-3H3;;1H2/q;;;;+1;-1/p+1/t19-;14-;6-;;;/m110.../s1/i1D3,2D3,3D3;1D3;;2D3,3D3;;. The van der Waals surface area contributed by atoms with Crippen LogP contribution in [0.4, 0.5) is 0 Å². The fourth-order valence-corrected chi connectivity index (χ4v) is 6.70. The molecule has 7 aromatic rings. The number of methoxy groups -OCH3 is 6. The minimum Gasteiger partial charge on any atom is -0.693 e. The van der Waals surface area contributed by atoms with Crippen LogP contribution < -0.4 is 48.3 Å². The van der Waals surface area contributed by atoms with Crippen molar-refractivity contribution >= 4 is 23.5 Å². The van der Waals surface area contributed by atoms with Crippen molar-refractivity contribution in [2.75, 3.05) is 42.2 Å². The number of nitrogens with zero attached hydrogens (tertiary/aromatic N) is 4. The SMILES string of the molecule is C[C@H]([NH3+])c1ccc(Cl)cc1.[2H]C([2H])([2H])OC(c1ccccc1)(c1ccccc1)[C@H](O)C(=O)O.[2H]C([2H])([2H])Oc1cc(OC([2H])([2H])[2H])nc(C)n1.[2H]C([2H])([2H])Oc1cc(OC([2H])([2H])[2H])nc(O[C@H](C(=O)O)C(OC([2H])([2H])[2H])(c2ccccc2)c2ccccc2)n1.[Li+].[NH2-]. The number of ether oxygens (including phenoxy) is 7. The Balaban J connectivity index is 0.000000458. The van der Waals surface area contributed by atoms with Crippen LogP contribution in [0.1, 0.15) is 71.3 Å². The number of aliphatic hydroxyl groups excluding tert-OH is 1. The summed E-state index contributed by atoms with van der Waals surface area (Å²) in [4.78, 5) is 39.0. The smallest absolute Gasteiger partial charge is 0.693 e. The van der Waals surface area contributed by atoms with Crippen LogP contribution in [0.15, 0.2) is 158 Å². The first-order chi connectivity index (χ1) is 41.0. The second kappa shape index (κ2) is 30.7. The van der Waals surface area contributed by atoms with E-state index in [9.17, 15) is 24.9 Å². The van der Waals surface area contributed by atoms with Gasteiger partial charge in [0.25, 0.3) is 0 Å². The maximum atomic E-state index is 12.7. The Labute approximate surface area is 467 Å². The van der Waals surface area contributed by atoms with Gasteiger partial charge in [-0.3, -0.25) is 0 Å². The van der Waals surface area contributed by atoms with Gasteiger partial charge in [0.1, 0.15) is 11.9 Å². The molecule has 0 bridgehead atoms. The quantitative estimate of drug-likeness (QED) is 0.0864. The van der Waals surface area contributed by atoms with E-state index in [1.807, 2.05) is 24.3 Å². The molecular weight excluding hydrogens is 955 g/mol. The van der Waals surface area contributed by atoms with E-state index in [2.05, 4.69) is 42.1 Å². The van der Waals surface area contributed by atoms with Gasteiger partial charge >= 0.3 is 36.8 Å². The van der Waals surface area contributed by atoms with E-state index in [1.54, 1.807) is 48.5 Å². The van der Waals surface area contributed by atoms with Gasteiger partial charge in [0, 0.05) is 24.7 Å². The number of carboxylic acids is 2. The molecule has 0 amide bonds. The number of quaternary nitrogens is 1. The first-order valence-corrected chi connectivity index (χ1v) is 20.9. The molecule has 18 nitrogen and oxygen atoms in total. The predicted octanol–water partition coefficient (Wildman–Crippen LogP) is 5.10. The van der Waals surface area contributed by atoms with E-state index in [4.69, 9.17) is 60.0 Å². The molecule has 0 aliphatic heterocycles. The summed E-state index contributed by atoms with van der Waals surface area (Å²) < 4.78 is 166. The number of aromatic nitrogens is 4. The normalized spacial score (nSPS) is 16.4. The van der Waals surface area contributed by atoms with E-state index in [-0.39, 0.29) is 64.8 Å². The molecule has 0 unspecified atom stereocenters. The van der Waals surface area contributed by atoms with Gasteiger partial charge in [0.15, 0.2) is 17.3 Å². The number of benzene rings is 5. The van der Waals surface area contributed by atoms with Crippen LogP contribution >= 0.6 is 11.6 Å². The van der Waals surface area contributed by atoms with E-state index < -0.39 is 95.3 Å². The Morgan fingerprint density at radius 1 is 0.575 bits per heavy atom. The van der Waals surface area contributed by atoms with Gasteiger partial charge in [0.2, 0.25) is 29.6 Å². The molecule has 0 saturated carbocycles. The number of carbonyl (C=O) groups is 2.